The fourth-order valence-electron chi connectivity index (χ4n) is 1.10. The molecule has 1 rings (SSSR count). The second kappa shape index (κ2) is 6.85. The van der Waals surface area contributed by atoms with Gasteiger partial charge in [-0.15, -0.1) is 0 Å². The maximum Gasteiger partial charge on any atom is 0.257 e. The fraction of sp³-hybridized carbons (Fsp3) is 0.417. The number of carbonyl (C=O) groups is 1. The van der Waals surface area contributed by atoms with Gasteiger partial charge in [0.15, 0.2) is 6.61 Å². The Morgan fingerprint density at radius 2 is 2.12 bits per heavy atom. The van der Waals surface area contributed by atoms with Crippen LogP contribution in [0.3, 0.4) is 0 Å². The lowest BCUT2D eigenvalue weighted by atomic mass is 10.2. The van der Waals surface area contributed by atoms with Crippen LogP contribution in [0.15, 0.2) is 24.3 Å². The SMILES string of the molecule is CC(CN)CNC(=O)COc1ccc(F)cc1. The predicted molar refractivity (Wildman–Crippen MR) is 63.1 cm³/mol. The van der Waals surface area contributed by atoms with E-state index in [9.17, 15) is 9.18 Å². The van der Waals surface area contributed by atoms with Gasteiger partial charge in [-0.1, -0.05) is 6.92 Å². The summed E-state index contributed by atoms with van der Waals surface area (Å²) in [7, 11) is 0. The molecule has 0 bridgehead atoms. The molecule has 0 saturated carbocycles. The summed E-state index contributed by atoms with van der Waals surface area (Å²) < 4.78 is 17.8. The van der Waals surface area contributed by atoms with E-state index in [-0.39, 0.29) is 24.2 Å². The number of nitrogens with two attached hydrogens (primary N) is 1. The van der Waals surface area contributed by atoms with Crippen molar-refractivity contribution in [2.75, 3.05) is 19.7 Å². The molecule has 0 aliphatic heterocycles. The molecule has 4 nitrogen and oxygen atoms in total. The summed E-state index contributed by atoms with van der Waals surface area (Å²) >= 11 is 0. The molecule has 1 aromatic carbocycles. The summed E-state index contributed by atoms with van der Waals surface area (Å²) in [6.45, 7) is 2.92. The van der Waals surface area contributed by atoms with E-state index in [0.717, 1.165) is 0 Å². The summed E-state index contributed by atoms with van der Waals surface area (Å²) in [5, 5.41) is 2.70. The van der Waals surface area contributed by atoms with Crippen LogP contribution in [0.25, 0.3) is 0 Å². The molecule has 0 spiro atoms. The minimum absolute atomic E-state index is 0.0804. The average molecular weight is 240 g/mol. The van der Waals surface area contributed by atoms with Crippen LogP contribution in [0.4, 0.5) is 4.39 Å². The average Bonchev–Trinajstić information content (AvgIpc) is 2.35. The number of benzene rings is 1. The van der Waals surface area contributed by atoms with Gasteiger partial charge < -0.3 is 15.8 Å². The molecular formula is C12H17FN2O2. The van der Waals surface area contributed by atoms with E-state index in [0.29, 0.717) is 18.8 Å². The molecule has 0 fully saturated rings. The van der Waals surface area contributed by atoms with Crippen LogP contribution in [0.1, 0.15) is 6.92 Å². The lowest BCUT2D eigenvalue weighted by Gasteiger charge is -2.10. The molecule has 1 amide bonds. The van der Waals surface area contributed by atoms with Crippen molar-refractivity contribution < 1.29 is 13.9 Å². The molecule has 17 heavy (non-hydrogen) atoms. The highest BCUT2D eigenvalue weighted by molar-refractivity contribution is 5.77. The molecule has 5 heteroatoms. The zero-order valence-corrected chi connectivity index (χ0v) is 9.78. The quantitative estimate of drug-likeness (QED) is 0.777. The zero-order chi connectivity index (χ0) is 12.7. The third kappa shape index (κ3) is 5.31. The van der Waals surface area contributed by atoms with Crippen LogP contribution in [-0.4, -0.2) is 25.6 Å². The summed E-state index contributed by atoms with van der Waals surface area (Å²) in [6, 6.07) is 5.52. The third-order valence-electron chi connectivity index (χ3n) is 2.23. The van der Waals surface area contributed by atoms with Crippen LogP contribution >= 0.6 is 0 Å². The Balaban J connectivity index is 2.26. The smallest absolute Gasteiger partial charge is 0.257 e. The van der Waals surface area contributed by atoms with Gasteiger partial charge in [0.05, 0.1) is 0 Å². The molecule has 0 radical (unpaired) electrons. The van der Waals surface area contributed by atoms with Gasteiger partial charge in [0.1, 0.15) is 11.6 Å². The van der Waals surface area contributed by atoms with E-state index in [1.807, 2.05) is 6.92 Å². The first kappa shape index (κ1) is 13.4. The summed E-state index contributed by atoms with van der Waals surface area (Å²) in [5.41, 5.74) is 5.42. The minimum atomic E-state index is -0.335. The first-order valence-electron chi connectivity index (χ1n) is 5.47. The van der Waals surface area contributed by atoms with Crippen molar-refractivity contribution in [3.8, 4) is 5.75 Å². The Labute approximate surface area is 100.0 Å². The predicted octanol–water partition coefficient (Wildman–Crippen LogP) is 0.915. The van der Waals surface area contributed by atoms with Gasteiger partial charge in [-0.05, 0) is 36.7 Å². The van der Waals surface area contributed by atoms with Gasteiger partial charge >= 0.3 is 0 Å². The van der Waals surface area contributed by atoms with Gasteiger partial charge in [0.2, 0.25) is 0 Å². The normalized spacial score (nSPS) is 11.9. The summed E-state index contributed by atoms with van der Waals surface area (Å²) in [6.07, 6.45) is 0. The molecular weight excluding hydrogens is 223 g/mol. The number of hydrogen-bond acceptors (Lipinski definition) is 3. The van der Waals surface area contributed by atoms with Crippen molar-refractivity contribution >= 4 is 5.91 Å². The third-order valence-corrected chi connectivity index (χ3v) is 2.23. The molecule has 0 aromatic heterocycles. The van der Waals surface area contributed by atoms with E-state index < -0.39 is 0 Å². The number of hydrogen-bond donors (Lipinski definition) is 2. The highest BCUT2D eigenvalue weighted by atomic mass is 19.1. The lowest BCUT2D eigenvalue weighted by molar-refractivity contribution is -0.123. The van der Waals surface area contributed by atoms with E-state index in [4.69, 9.17) is 10.5 Å². The lowest BCUT2D eigenvalue weighted by Crippen LogP contribution is -2.34. The minimum Gasteiger partial charge on any atom is -0.484 e. The first-order chi connectivity index (χ1) is 8.11. The van der Waals surface area contributed by atoms with Crippen molar-refractivity contribution in [1.82, 2.24) is 5.32 Å². The zero-order valence-electron chi connectivity index (χ0n) is 9.78. The molecule has 3 N–H and O–H groups in total. The van der Waals surface area contributed by atoms with Crippen LogP contribution in [0.2, 0.25) is 0 Å². The maximum absolute atomic E-state index is 12.6. The second-order valence-corrected chi connectivity index (χ2v) is 3.89. The van der Waals surface area contributed by atoms with Gasteiger partial charge in [-0.2, -0.15) is 0 Å². The Bertz CT molecular complexity index is 354. The van der Waals surface area contributed by atoms with Crippen molar-refractivity contribution in [3.63, 3.8) is 0 Å². The van der Waals surface area contributed by atoms with Crippen LogP contribution in [0.5, 0.6) is 5.75 Å². The van der Waals surface area contributed by atoms with E-state index in [2.05, 4.69) is 5.32 Å². The van der Waals surface area contributed by atoms with Gasteiger partial charge in [-0.25, -0.2) is 4.39 Å². The van der Waals surface area contributed by atoms with Crippen molar-refractivity contribution in [2.24, 2.45) is 11.7 Å². The van der Waals surface area contributed by atoms with Gasteiger partial charge in [0.25, 0.3) is 5.91 Å². The molecule has 94 valence electrons. The molecule has 1 unspecified atom stereocenters. The standard InChI is InChI=1S/C12H17FN2O2/c1-9(6-14)7-15-12(16)8-17-11-4-2-10(13)3-5-11/h2-5,9H,6-8,14H2,1H3,(H,15,16). The molecule has 1 atom stereocenters. The molecule has 0 aliphatic rings. The topological polar surface area (TPSA) is 64.3 Å². The maximum atomic E-state index is 12.6. The molecule has 0 saturated heterocycles. The van der Waals surface area contributed by atoms with E-state index in [1.54, 1.807) is 0 Å². The first-order valence-corrected chi connectivity index (χ1v) is 5.47. The van der Waals surface area contributed by atoms with Gasteiger partial charge in [-0.3, -0.25) is 4.79 Å². The number of carbonyl (C=O) groups excluding carboxylic acids is 1. The van der Waals surface area contributed by atoms with E-state index >= 15 is 0 Å². The number of nitrogens with one attached hydrogen (secondary N) is 1. The van der Waals surface area contributed by atoms with Crippen LogP contribution in [0, 0.1) is 11.7 Å². The Kier molecular flexibility index (Phi) is 5.42. The number of ether oxygens (including phenoxy) is 1. The Morgan fingerprint density at radius 3 is 2.71 bits per heavy atom. The molecule has 0 aliphatic carbocycles. The summed E-state index contributed by atoms with van der Waals surface area (Å²) in [4.78, 5) is 11.4. The largest absolute Gasteiger partial charge is 0.484 e. The highest BCUT2D eigenvalue weighted by Crippen LogP contribution is 2.10. The van der Waals surface area contributed by atoms with E-state index in [1.165, 1.54) is 24.3 Å². The Hall–Kier alpha value is -1.62. The molecule has 0 heterocycles. The summed E-state index contributed by atoms with van der Waals surface area (Å²) in [5.74, 6) is 0.159. The number of rotatable bonds is 6. The van der Waals surface area contributed by atoms with Crippen molar-refractivity contribution in [3.05, 3.63) is 30.1 Å². The van der Waals surface area contributed by atoms with Crippen LogP contribution in [-0.2, 0) is 4.79 Å². The second-order valence-electron chi connectivity index (χ2n) is 3.89. The van der Waals surface area contributed by atoms with Crippen LogP contribution < -0.4 is 15.8 Å². The van der Waals surface area contributed by atoms with Crippen molar-refractivity contribution in [1.29, 1.82) is 0 Å². The highest BCUT2D eigenvalue weighted by Gasteiger charge is 2.05. The monoisotopic (exact) mass is 240 g/mol. The Morgan fingerprint density at radius 1 is 1.47 bits per heavy atom. The van der Waals surface area contributed by atoms with Crippen molar-refractivity contribution in [2.45, 2.75) is 6.92 Å². The molecule has 1 aromatic rings. The fourth-order valence-corrected chi connectivity index (χ4v) is 1.10. The number of amides is 1. The number of halogens is 1. The van der Waals surface area contributed by atoms with Gasteiger partial charge in [0, 0.05) is 6.54 Å².